The van der Waals surface area contributed by atoms with Crippen LogP contribution in [0.4, 0.5) is 5.82 Å². The third-order valence-electron chi connectivity index (χ3n) is 5.29. The summed E-state index contributed by atoms with van der Waals surface area (Å²) < 4.78 is 0. The summed E-state index contributed by atoms with van der Waals surface area (Å²) in [5, 5.41) is 0. The monoisotopic (exact) mass is 365 g/mol. The second kappa shape index (κ2) is 7.10. The molecular weight excluding hydrogens is 338 g/mol. The molecule has 2 aromatic rings. The van der Waals surface area contributed by atoms with Gasteiger partial charge in [-0.2, -0.15) is 0 Å². The summed E-state index contributed by atoms with van der Waals surface area (Å²) in [6, 6.07) is 3.80. The maximum absolute atomic E-state index is 13.0. The lowest BCUT2D eigenvalue weighted by Gasteiger charge is -2.36. The number of carbonyl (C=O) groups excluding carboxylic acids is 1. The van der Waals surface area contributed by atoms with Crippen LogP contribution in [0.5, 0.6) is 0 Å². The third-order valence-corrected chi connectivity index (χ3v) is 5.29. The molecule has 0 spiro atoms. The van der Waals surface area contributed by atoms with Gasteiger partial charge in [0, 0.05) is 44.2 Å². The molecule has 6 heteroatoms. The molecule has 0 radical (unpaired) electrons. The van der Waals surface area contributed by atoms with Crippen molar-refractivity contribution in [2.45, 2.75) is 33.7 Å². The van der Waals surface area contributed by atoms with E-state index in [0.717, 1.165) is 34.6 Å². The summed E-state index contributed by atoms with van der Waals surface area (Å²) in [5.74, 6) is 1.67. The topological polar surface area (TPSA) is 62.2 Å². The Morgan fingerprint density at radius 1 is 1.22 bits per heavy atom. The number of pyridine rings is 1. The molecule has 0 aliphatic carbocycles. The Bertz CT molecular complexity index is 874. The third kappa shape index (κ3) is 3.56. The van der Waals surface area contributed by atoms with Crippen LogP contribution in [0.25, 0.3) is 11.4 Å². The molecule has 3 rings (SSSR count). The second-order valence-electron chi connectivity index (χ2n) is 7.81. The van der Waals surface area contributed by atoms with Crippen LogP contribution in [0.2, 0.25) is 0 Å². The van der Waals surface area contributed by atoms with Crippen LogP contribution >= 0.6 is 0 Å². The number of aromatic nitrogens is 3. The van der Waals surface area contributed by atoms with Crippen molar-refractivity contribution in [2.75, 3.05) is 25.5 Å². The van der Waals surface area contributed by atoms with E-state index in [4.69, 9.17) is 9.97 Å². The van der Waals surface area contributed by atoms with E-state index >= 15 is 0 Å². The van der Waals surface area contributed by atoms with Crippen LogP contribution in [-0.4, -0.2) is 46.4 Å². The highest BCUT2D eigenvalue weighted by atomic mass is 16.2. The van der Waals surface area contributed by atoms with Gasteiger partial charge in [0.25, 0.3) is 0 Å². The van der Waals surface area contributed by atoms with Crippen molar-refractivity contribution in [3.8, 4) is 11.4 Å². The van der Waals surface area contributed by atoms with Crippen molar-refractivity contribution in [3.63, 3.8) is 0 Å². The molecule has 2 aromatic heterocycles. The highest BCUT2D eigenvalue weighted by Gasteiger charge is 2.35. The number of carbonyl (C=O) groups is 1. The lowest BCUT2D eigenvalue weighted by Crippen LogP contribution is -2.44. The first-order valence-corrected chi connectivity index (χ1v) is 9.14. The predicted molar refractivity (Wildman–Crippen MR) is 107 cm³/mol. The summed E-state index contributed by atoms with van der Waals surface area (Å²) in [5.41, 5.74) is 3.24. The van der Waals surface area contributed by atoms with Gasteiger partial charge in [0.05, 0.1) is 17.7 Å². The Hall–Kier alpha value is -2.76. The van der Waals surface area contributed by atoms with Gasteiger partial charge >= 0.3 is 0 Å². The Kier molecular flexibility index (Phi) is 5.00. The van der Waals surface area contributed by atoms with Gasteiger partial charge in [0.15, 0.2) is 5.82 Å². The summed E-state index contributed by atoms with van der Waals surface area (Å²) in [7, 11) is 3.97. The fraction of sp³-hybridized carbons (Fsp3) is 0.429. The fourth-order valence-electron chi connectivity index (χ4n) is 3.16. The Morgan fingerprint density at radius 2 is 1.89 bits per heavy atom. The average molecular weight is 365 g/mol. The van der Waals surface area contributed by atoms with Crippen LogP contribution < -0.4 is 4.90 Å². The zero-order chi connectivity index (χ0) is 19.8. The van der Waals surface area contributed by atoms with Gasteiger partial charge in [0.1, 0.15) is 5.82 Å². The van der Waals surface area contributed by atoms with Gasteiger partial charge < -0.3 is 9.80 Å². The molecule has 27 heavy (non-hydrogen) atoms. The van der Waals surface area contributed by atoms with Gasteiger partial charge in [-0.05, 0) is 39.3 Å². The van der Waals surface area contributed by atoms with Crippen LogP contribution in [0.3, 0.4) is 0 Å². The molecule has 0 bridgehead atoms. The molecule has 0 unspecified atom stereocenters. The smallest absolute Gasteiger partial charge is 0.232 e. The number of rotatable bonds is 4. The summed E-state index contributed by atoms with van der Waals surface area (Å²) >= 11 is 0. The zero-order valence-corrected chi connectivity index (χ0v) is 16.8. The van der Waals surface area contributed by atoms with E-state index in [2.05, 4.69) is 11.6 Å². The minimum atomic E-state index is -0.581. The van der Waals surface area contributed by atoms with E-state index in [1.54, 1.807) is 12.4 Å². The molecule has 142 valence electrons. The number of anilines is 1. The normalized spacial score (nSPS) is 13.9. The molecule has 0 fully saturated rings. The van der Waals surface area contributed by atoms with Gasteiger partial charge in [-0.1, -0.05) is 12.2 Å². The number of hydrogen-bond donors (Lipinski definition) is 0. The largest absolute Gasteiger partial charge is 0.362 e. The van der Waals surface area contributed by atoms with Crippen molar-refractivity contribution >= 4 is 11.7 Å². The Balaban J connectivity index is 2.01. The minimum absolute atomic E-state index is 0.0936. The van der Waals surface area contributed by atoms with Gasteiger partial charge in [-0.15, -0.1) is 0 Å². The first-order chi connectivity index (χ1) is 12.7. The fourth-order valence-corrected chi connectivity index (χ4v) is 3.16. The van der Waals surface area contributed by atoms with Crippen molar-refractivity contribution in [3.05, 3.63) is 47.9 Å². The molecule has 0 N–H and O–H groups in total. The Labute approximate surface area is 161 Å². The van der Waals surface area contributed by atoms with Crippen molar-refractivity contribution < 1.29 is 4.79 Å². The van der Waals surface area contributed by atoms with Gasteiger partial charge in [0.2, 0.25) is 5.91 Å². The molecule has 3 heterocycles. The van der Waals surface area contributed by atoms with E-state index in [-0.39, 0.29) is 5.91 Å². The molecule has 1 amide bonds. The van der Waals surface area contributed by atoms with Gasteiger partial charge in [-0.3, -0.25) is 9.78 Å². The maximum Gasteiger partial charge on any atom is 0.232 e. The second-order valence-corrected chi connectivity index (χ2v) is 7.81. The quantitative estimate of drug-likeness (QED) is 0.779. The first-order valence-electron chi connectivity index (χ1n) is 9.14. The van der Waals surface area contributed by atoms with Crippen molar-refractivity contribution in [1.82, 2.24) is 19.9 Å². The highest BCUT2D eigenvalue weighted by Crippen LogP contribution is 2.32. The van der Waals surface area contributed by atoms with E-state index in [1.165, 1.54) is 0 Å². The molecule has 1 aliphatic heterocycles. The summed E-state index contributed by atoms with van der Waals surface area (Å²) in [6.45, 7) is 10.9. The average Bonchev–Trinajstić information content (AvgIpc) is 2.66. The van der Waals surface area contributed by atoms with Crippen LogP contribution in [0.1, 0.15) is 32.0 Å². The molecule has 0 saturated carbocycles. The van der Waals surface area contributed by atoms with Crippen LogP contribution in [0, 0.1) is 5.41 Å². The van der Waals surface area contributed by atoms with E-state index in [1.807, 2.05) is 56.8 Å². The number of fused-ring (bicyclic) bond motifs is 1. The first kappa shape index (κ1) is 19.0. The predicted octanol–water partition coefficient (Wildman–Crippen LogP) is 3.09. The molecule has 6 nitrogen and oxygen atoms in total. The van der Waals surface area contributed by atoms with E-state index in [9.17, 15) is 4.79 Å². The van der Waals surface area contributed by atoms with Gasteiger partial charge in [-0.25, -0.2) is 9.97 Å². The lowest BCUT2D eigenvalue weighted by molar-refractivity contribution is -0.139. The number of amides is 1. The van der Waals surface area contributed by atoms with Crippen molar-refractivity contribution in [2.24, 2.45) is 5.41 Å². The molecule has 0 saturated heterocycles. The zero-order valence-electron chi connectivity index (χ0n) is 16.8. The van der Waals surface area contributed by atoms with E-state index in [0.29, 0.717) is 18.9 Å². The maximum atomic E-state index is 13.0. The van der Waals surface area contributed by atoms with Crippen LogP contribution in [0.15, 0.2) is 36.7 Å². The number of hydrogen-bond acceptors (Lipinski definition) is 5. The van der Waals surface area contributed by atoms with Crippen molar-refractivity contribution in [1.29, 1.82) is 0 Å². The van der Waals surface area contributed by atoms with E-state index < -0.39 is 5.41 Å². The highest BCUT2D eigenvalue weighted by molar-refractivity contribution is 5.85. The Morgan fingerprint density at radius 3 is 2.48 bits per heavy atom. The minimum Gasteiger partial charge on any atom is -0.362 e. The molecule has 0 aromatic carbocycles. The number of nitrogens with zero attached hydrogens (tertiary/aromatic N) is 5. The molecular formula is C21H27N5O. The summed E-state index contributed by atoms with van der Waals surface area (Å²) in [4.78, 5) is 30.6. The standard InChI is InChI=1S/C21H27N5O/c1-14(2)21(3,4)20(27)26-12-9-16-17(13-26)23-18(24-19(16)25(5)6)15-7-10-22-11-8-15/h7-8,10-11H,1,9,12-13H2,2-6H3. The lowest BCUT2D eigenvalue weighted by atomic mass is 9.84. The van der Waals surface area contributed by atoms with Crippen LogP contribution in [-0.2, 0) is 17.8 Å². The molecule has 1 aliphatic rings. The summed E-state index contributed by atoms with van der Waals surface area (Å²) in [6.07, 6.45) is 4.22. The molecule has 0 atom stereocenters. The SMILES string of the molecule is C=C(C)C(C)(C)C(=O)N1CCc2c(nc(-c3ccncc3)nc2N(C)C)C1.